The third-order valence-corrected chi connectivity index (χ3v) is 5.65. The molecule has 3 rings (SSSR count). The highest BCUT2D eigenvalue weighted by atomic mass is 35.5. The number of hydrogen-bond donors (Lipinski definition) is 2. The third-order valence-electron chi connectivity index (χ3n) is 5.22. The Morgan fingerprint density at radius 3 is 2.46 bits per heavy atom. The summed E-state index contributed by atoms with van der Waals surface area (Å²) in [6, 6.07) is 4.44. The maximum absolute atomic E-state index is 12.8. The first-order chi connectivity index (χ1) is 12.0. The van der Waals surface area contributed by atoms with Crippen LogP contribution in [0.15, 0.2) is 18.2 Å². The third kappa shape index (κ3) is 4.63. The van der Waals surface area contributed by atoms with E-state index in [9.17, 15) is 9.59 Å². The number of halogens is 3. The normalized spacial score (nSPS) is 25.0. The molecule has 3 atom stereocenters. The number of benzene rings is 1. The van der Waals surface area contributed by atoms with Crippen LogP contribution in [0, 0.1) is 5.92 Å². The van der Waals surface area contributed by atoms with E-state index in [2.05, 4.69) is 5.32 Å². The highest BCUT2D eigenvalue weighted by Gasteiger charge is 2.37. The monoisotopic (exact) mass is 419 g/mol. The number of nitrogens with two attached hydrogens (primary N) is 1. The molecule has 1 saturated carbocycles. The Bertz CT molecular complexity index is 651. The number of nitrogens with one attached hydrogen (secondary N) is 1. The molecule has 0 spiro atoms. The zero-order chi connectivity index (χ0) is 18.0. The predicted molar refractivity (Wildman–Crippen MR) is 106 cm³/mol. The second-order valence-electron chi connectivity index (χ2n) is 6.86. The molecule has 1 heterocycles. The van der Waals surface area contributed by atoms with Gasteiger partial charge in [-0.25, -0.2) is 0 Å². The molecule has 0 radical (unpaired) electrons. The average molecular weight is 421 g/mol. The summed E-state index contributed by atoms with van der Waals surface area (Å²) in [5.74, 6) is 0.0504. The summed E-state index contributed by atoms with van der Waals surface area (Å²) >= 11 is 12.0. The minimum absolute atomic E-state index is 0. The molecule has 3 N–H and O–H groups in total. The SMILES string of the molecule is Cl.NCC1CCCC1NC(=O)C1CCCN1C(=O)c1cc(Cl)cc(Cl)c1. The van der Waals surface area contributed by atoms with Crippen LogP contribution in [0.2, 0.25) is 10.0 Å². The summed E-state index contributed by atoms with van der Waals surface area (Å²) in [7, 11) is 0. The van der Waals surface area contributed by atoms with E-state index in [0.29, 0.717) is 41.0 Å². The van der Waals surface area contributed by atoms with Gasteiger partial charge in [-0.15, -0.1) is 12.4 Å². The van der Waals surface area contributed by atoms with Gasteiger partial charge in [0.25, 0.3) is 5.91 Å². The summed E-state index contributed by atoms with van der Waals surface area (Å²) < 4.78 is 0. The number of carbonyl (C=O) groups is 2. The Kier molecular flexibility index (Phi) is 7.59. The lowest BCUT2D eigenvalue weighted by atomic mass is 10.0. The molecule has 0 bridgehead atoms. The maximum Gasteiger partial charge on any atom is 0.254 e. The van der Waals surface area contributed by atoms with Crippen LogP contribution in [0.3, 0.4) is 0 Å². The van der Waals surface area contributed by atoms with E-state index in [4.69, 9.17) is 28.9 Å². The van der Waals surface area contributed by atoms with Gasteiger partial charge in [0.05, 0.1) is 0 Å². The van der Waals surface area contributed by atoms with Gasteiger partial charge >= 0.3 is 0 Å². The van der Waals surface area contributed by atoms with E-state index in [0.717, 1.165) is 25.7 Å². The molecule has 5 nitrogen and oxygen atoms in total. The lowest BCUT2D eigenvalue weighted by molar-refractivity contribution is -0.125. The Balaban J connectivity index is 0.00000243. The van der Waals surface area contributed by atoms with Gasteiger partial charge in [0.1, 0.15) is 6.04 Å². The Morgan fingerprint density at radius 1 is 1.12 bits per heavy atom. The van der Waals surface area contributed by atoms with Crippen molar-refractivity contribution in [3.05, 3.63) is 33.8 Å². The van der Waals surface area contributed by atoms with Crippen molar-refractivity contribution >= 4 is 47.4 Å². The molecule has 1 saturated heterocycles. The van der Waals surface area contributed by atoms with Crippen molar-refractivity contribution in [1.29, 1.82) is 0 Å². The standard InChI is InChI=1S/C18H23Cl2N3O2.ClH/c19-13-7-12(8-14(20)9-13)18(25)23-6-2-5-16(23)17(24)22-15-4-1-3-11(15)10-21;/h7-9,11,15-16H,1-6,10,21H2,(H,22,24);1H. The van der Waals surface area contributed by atoms with Crippen molar-refractivity contribution < 1.29 is 9.59 Å². The first-order valence-corrected chi connectivity index (χ1v) is 9.52. The van der Waals surface area contributed by atoms with E-state index in [1.807, 2.05) is 0 Å². The molecule has 2 fully saturated rings. The fourth-order valence-electron chi connectivity index (χ4n) is 3.91. The van der Waals surface area contributed by atoms with E-state index >= 15 is 0 Å². The Hall–Kier alpha value is -1.01. The highest BCUT2D eigenvalue weighted by molar-refractivity contribution is 6.35. The fourth-order valence-corrected chi connectivity index (χ4v) is 4.44. The van der Waals surface area contributed by atoms with Crippen molar-refractivity contribution in [3.8, 4) is 0 Å². The second kappa shape index (κ2) is 9.27. The number of likely N-dealkylation sites (tertiary alicyclic amines) is 1. The number of nitrogens with zero attached hydrogens (tertiary/aromatic N) is 1. The molecule has 1 aromatic rings. The zero-order valence-corrected chi connectivity index (χ0v) is 16.7. The number of amides is 2. The molecule has 0 aromatic heterocycles. The average Bonchev–Trinajstić information content (AvgIpc) is 3.21. The molecular weight excluding hydrogens is 397 g/mol. The predicted octanol–water partition coefficient (Wildman–Crippen LogP) is 3.26. The molecule has 144 valence electrons. The van der Waals surface area contributed by atoms with Gasteiger partial charge in [0.2, 0.25) is 5.91 Å². The minimum atomic E-state index is -0.440. The first-order valence-electron chi connectivity index (χ1n) is 8.77. The number of rotatable bonds is 4. The maximum atomic E-state index is 12.8. The van der Waals surface area contributed by atoms with Crippen LogP contribution < -0.4 is 11.1 Å². The summed E-state index contributed by atoms with van der Waals surface area (Å²) in [5.41, 5.74) is 6.21. The first kappa shape index (κ1) is 21.3. The second-order valence-corrected chi connectivity index (χ2v) is 7.73. The van der Waals surface area contributed by atoms with Crippen molar-refractivity contribution in [2.45, 2.75) is 44.2 Å². The van der Waals surface area contributed by atoms with Crippen LogP contribution in [-0.2, 0) is 4.79 Å². The van der Waals surface area contributed by atoms with Gasteiger partial charge in [-0.3, -0.25) is 9.59 Å². The molecule has 1 aliphatic carbocycles. The molecule has 3 unspecified atom stereocenters. The van der Waals surface area contributed by atoms with Gasteiger partial charge in [0.15, 0.2) is 0 Å². The van der Waals surface area contributed by atoms with E-state index < -0.39 is 6.04 Å². The Morgan fingerprint density at radius 2 is 1.81 bits per heavy atom. The molecule has 2 aliphatic rings. The van der Waals surface area contributed by atoms with E-state index in [-0.39, 0.29) is 30.3 Å². The van der Waals surface area contributed by atoms with Gasteiger partial charge in [-0.1, -0.05) is 29.6 Å². The lowest BCUT2D eigenvalue weighted by Crippen LogP contribution is -2.50. The minimum Gasteiger partial charge on any atom is -0.351 e. The quantitative estimate of drug-likeness (QED) is 0.785. The fraction of sp³-hybridized carbons (Fsp3) is 0.556. The van der Waals surface area contributed by atoms with Crippen LogP contribution in [0.1, 0.15) is 42.5 Å². The van der Waals surface area contributed by atoms with Crippen LogP contribution in [0.5, 0.6) is 0 Å². The molecule has 8 heteroatoms. The van der Waals surface area contributed by atoms with Crippen LogP contribution in [-0.4, -0.2) is 41.9 Å². The van der Waals surface area contributed by atoms with Crippen LogP contribution in [0.25, 0.3) is 0 Å². The van der Waals surface area contributed by atoms with Gasteiger partial charge in [-0.2, -0.15) is 0 Å². The lowest BCUT2D eigenvalue weighted by Gasteiger charge is -2.27. The molecule has 1 aliphatic heterocycles. The Labute approximate surface area is 170 Å². The van der Waals surface area contributed by atoms with Crippen molar-refractivity contribution in [2.75, 3.05) is 13.1 Å². The summed E-state index contributed by atoms with van der Waals surface area (Å²) in [6.45, 7) is 1.14. The van der Waals surface area contributed by atoms with E-state index in [1.165, 1.54) is 0 Å². The molecule has 1 aromatic carbocycles. The molecular formula is C18H24Cl3N3O2. The number of carbonyl (C=O) groups excluding carboxylic acids is 2. The molecule has 2 amide bonds. The molecule has 26 heavy (non-hydrogen) atoms. The largest absolute Gasteiger partial charge is 0.351 e. The van der Waals surface area contributed by atoms with E-state index in [1.54, 1.807) is 23.1 Å². The topological polar surface area (TPSA) is 75.4 Å². The zero-order valence-electron chi connectivity index (χ0n) is 14.4. The van der Waals surface area contributed by atoms with Crippen LogP contribution in [0.4, 0.5) is 0 Å². The summed E-state index contributed by atoms with van der Waals surface area (Å²) in [6.07, 6.45) is 4.57. The van der Waals surface area contributed by atoms with Gasteiger partial charge in [-0.05, 0) is 56.3 Å². The van der Waals surface area contributed by atoms with Crippen molar-refractivity contribution in [2.24, 2.45) is 11.7 Å². The van der Waals surface area contributed by atoms with Gasteiger partial charge in [0, 0.05) is 28.2 Å². The van der Waals surface area contributed by atoms with Gasteiger partial charge < -0.3 is 16.0 Å². The smallest absolute Gasteiger partial charge is 0.254 e. The van der Waals surface area contributed by atoms with Crippen molar-refractivity contribution in [1.82, 2.24) is 10.2 Å². The number of hydrogen-bond acceptors (Lipinski definition) is 3. The summed E-state index contributed by atoms with van der Waals surface area (Å²) in [4.78, 5) is 27.2. The van der Waals surface area contributed by atoms with Crippen LogP contribution >= 0.6 is 35.6 Å². The van der Waals surface area contributed by atoms with Crippen molar-refractivity contribution in [3.63, 3.8) is 0 Å². The summed E-state index contributed by atoms with van der Waals surface area (Å²) in [5, 5.41) is 3.94. The highest BCUT2D eigenvalue weighted by Crippen LogP contribution is 2.27.